The fourth-order valence-electron chi connectivity index (χ4n) is 0.706. The molecule has 0 fully saturated rings. The largest absolute Gasteiger partial charge is 0.198 e. The van der Waals surface area contributed by atoms with Crippen LogP contribution in [-0.2, 0) is 0 Å². The normalized spacial score (nSPS) is 13.4. The highest BCUT2D eigenvalue weighted by molar-refractivity contribution is 5.22. The maximum Gasteiger partial charge on any atom is 0.0946 e. The molecule has 0 aromatic carbocycles. The van der Waals surface area contributed by atoms with Crippen molar-refractivity contribution in [2.75, 3.05) is 0 Å². The first kappa shape index (κ1) is 8.72. The standard InChI is InChI=1S/C8H10N2/c1-3-8(6-10)7(2)4-5-9/h3,7H,4H2,1-2H3/b8-3-. The van der Waals surface area contributed by atoms with Crippen molar-refractivity contribution in [3.05, 3.63) is 11.6 Å². The predicted octanol–water partition coefficient (Wildman–Crippen LogP) is 2.01. The molecule has 0 aliphatic heterocycles. The van der Waals surface area contributed by atoms with Crippen molar-refractivity contribution in [1.82, 2.24) is 0 Å². The number of allylic oxidation sites excluding steroid dienone is 2. The third-order valence-electron chi connectivity index (χ3n) is 1.37. The fourth-order valence-corrected chi connectivity index (χ4v) is 0.706. The third kappa shape index (κ3) is 2.33. The smallest absolute Gasteiger partial charge is 0.0946 e. The van der Waals surface area contributed by atoms with Gasteiger partial charge in [-0.25, -0.2) is 0 Å². The van der Waals surface area contributed by atoms with Crippen LogP contribution in [0.5, 0.6) is 0 Å². The number of hydrogen-bond donors (Lipinski definition) is 0. The number of nitrogens with zero attached hydrogens (tertiary/aromatic N) is 2. The van der Waals surface area contributed by atoms with E-state index in [1.54, 1.807) is 6.08 Å². The molecule has 0 saturated heterocycles. The van der Waals surface area contributed by atoms with E-state index in [0.29, 0.717) is 12.0 Å². The third-order valence-corrected chi connectivity index (χ3v) is 1.37. The van der Waals surface area contributed by atoms with Crippen LogP contribution in [0.3, 0.4) is 0 Å². The summed E-state index contributed by atoms with van der Waals surface area (Å²) >= 11 is 0. The van der Waals surface area contributed by atoms with Crippen molar-refractivity contribution in [1.29, 1.82) is 10.5 Å². The topological polar surface area (TPSA) is 47.6 Å². The van der Waals surface area contributed by atoms with Crippen LogP contribution in [0.25, 0.3) is 0 Å². The Bertz CT molecular complexity index is 202. The van der Waals surface area contributed by atoms with Crippen molar-refractivity contribution in [3.63, 3.8) is 0 Å². The van der Waals surface area contributed by atoms with E-state index in [2.05, 4.69) is 0 Å². The van der Waals surface area contributed by atoms with Gasteiger partial charge in [0.25, 0.3) is 0 Å². The summed E-state index contributed by atoms with van der Waals surface area (Å²) in [5, 5.41) is 16.8. The van der Waals surface area contributed by atoms with E-state index in [1.165, 1.54) is 0 Å². The quantitative estimate of drug-likeness (QED) is 0.542. The molecule has 0 N–H and O–H groups in total. The monoisotopic (exact) mass is 134 g/mol. The zero-order valence-corrected chi connectivity index (χ0v) is 6.26. The molecule has 0 aliphatic carbocycles. The second-order valence-corrected chi connectivity index (χ2v) is 2.12. The minimum Gasteiger partial charge on any atom is -0.198 e. The highest BCUT2D eigenvalue weighted by Gasteiger charge is 2.04. The number of rotatable bonds is 2. The van der Waals surface area contributed by atoms with Gasteiger partial charge >= 0.3 is 0 Å². The molecular weight excluding hydrogens is 124 g/mol. The summed E-state index contributed by atoms with van der Waals surface area (Å²) in [5.41, 5.74) is 0.696. The Balaban J connectivity index is 4.10. The Morgan fingerprint density at radius 3 is 2.50 bits per heavy atom. The van der Waals surface area contributed by atoms with Gasteiger partial charge in [-0.2, -0.15) is 10.5 Å². The molecule has 2 heteroatoms. The molecule has 0 bridgehead atoms. The van der Waals surface area contributed by atoms with E-state index >= 15 is 0 Å². The predicted molar refractivity (Wildman–Crippen MR) is 38.8 cm³/mol. The molecule has 1 unspecified atom stereocenters. The zero-order valence-electron chi connectivity index (χ0n) is 6.26. The Morgan fingerprint density at radius 1 is 1.60 bits per heavy atom. The maximum absolute atomic E-state index is 8.50. The first-order chi connectivity index (χ1) is 4.76. The van der Waals surface area contributed by atoms with Crippen molar-refractivity contribution in [2.45, 2.75) is 20.3 Å². The van der Waals surface area contributed by atoms with E-state index in [4.69, 9.17) is 10.5 Å². The number of nitriles is 2. The van der Waals surface area contributed by atoms with Gasteiger partial charge in [0, 0.05) is 17.9 Å². The van der Waals surface area contributed by atoms with Gasteiger partial charge in [-0.15, -0.1) is 0 Å². The first-order valence-electron chi connectivity index (χ1n) is 3.19. The molecule has 2 nitrogen and oxygen atoms in total. The van der Waals surface area contributed by atoms with E-state index in [-0.39, 0.29) is 5.92 Å². The SMILES string of the molecule is C/C=C(/C#N)C(C)CC#N. The lowest BCUT2D eigenvalue weighted by atomic mass is 10.00. The van der Waals surface area contributed by atoms with E-state index in [0.717, 1.165) is 0 Å². The molecule has 10 heavy (non-hydrogen) atoms. The van der Waals surface area contributed by atoms with E-state index < -0.39 is 0 Å². The summed E-state index contributed by atoms with van der Waals surface area (Å²) in [6, 6.07) is 4.07. The van der Waals surface area contributed by atoms with Crippen LogP contribution in [0.1, 0.15) is 20.3 Å². The highest BCUT2D eigenvalue weighted by atomic mass is 14.3. The van der Waals surface area contributed by atoms with Gasteiger partial charge in [-0.3, -0.25) is 0 Å². The van der Waals surface area contributed by atoms with Gasteiger partial charge in [-0.1, -0.05) is 13.0 Å². The average Bonchev–Trinajstić information content (AvgIpc) is 1.91. The molecule has 0 aliphatic rings. The Labute approximate surface area is 61.4 Å². The Kier molecular flexibility index (Phi) is 4.00. The van der Waals surface area contributed by atoms with Gasteiger partial charge in [0.15, 0.2) is 0 Å². The lowest BCUT2D eigenvalue weighted by Crippen LogP contribution is -1.94. The van der Waals surface area contributed by atoms with Gasteiger partial charge in [0.2, 0.25) is 0 Å². The molecule has 0 aromatic rings. The van der Waals surface area contributed by atoms with Crippen LogP contribution in [-0.4, -0.2) is 0 Å². The maximum atomic E-state index is 8.50. The molecule has 0 saturated carbocycles. The minimum absolute atomic E-state index is 0.0833. The molecule has 0 heterocycles. The minimum atomic E-state index is 0.0833. The van der Waals surface area contributed by atoms with E-state index in [1.807, 2.05) is 26.0 Å². The molecule has 0 rings (SSSR count). The summed E-state index contributed by atoms with van der Waals surface area (Å²) in [4.78, 5) is 0. The van der Waals surface area contributed by atoms with Crippen molar-refractivity contribution in [3.8, 4) is 12.1 Å². The Morgan fingerprint density at radius 2 is 2.20 bits per heavy atom. The first-order valence-corrected chi connectivity index (χ1v) is 3.19. The fraction of sp³-hybridized carbons (Fsp3) is 0.500. The molecule has 0 spiro atoms. The van der Waals surface area contributed by atoms with Crippen LogP contribution in [0.4, 0.5) is 0 Å². The van der Waals surface area contributed by atoms with Gasteiger partial charge < -0.3 is 0 Å². The lowest BCUT2D eigenvalue weighted by molar-refractivity contribution is 0.722. The summed E-state index contributed by atoms with van der Waals surface area (Å²) in [7, 11) is 0. The van der Waals surface area contributed by atoms with E-state index in [9.17, 15) is 0 Å². The summed E-state index contributed by atoms with van der Waals surface area (Å²) in [5.74, 6) is 0.0833. The molecule has 0 radical (unpaired) electrons. The van der Waals surface area contributed by atoms with Gasteiger partial charge in [0.05, 0.1) is 12.1 Å². The van der Waals surface area contributed by atoms with Gasteiger partial charge in [0.1, 0.15) is 0 Å². The van der Waals surface area contributed by atoms with Crippen LogP contribution in [0.15, 0.2) is 11.6 Å². The second kappa shape index (κ2) is 4.58. The number of hydrogen-bond acceptors (Lipinski definition) is 2. The summed E-state index contributed by atoms with van der Waals surface area (Å²) in [6.45, 7) is 3.69. The van der Waals surface area contributed by atoms with Crippen LogP contribution < -0.4 is 0 Å². The second-order valence-electron chi connectivity index (χ2n) is 2.12. The van der Waals surface area contributed by atoms with Crippen molar-refractivity contribution < 1.29 is 0 Å². The highest BCUT2D eigenvalue weighted by Crippen LogP contribution is 2.11. The zero-order chi connectivity index (χ0) is 7.98. The molecular formula is C8H10N2. The molecule has 1 atom stereocenters. The van der Waals surface area contributed by atoms with Crippen LogP contribution >= 0.6 is 0 Å². The summed E-state index contributed by atoms with van der Waals surface area (Å²) in [6.07, 6.45) is 2.18. The molecule has 0 aromatic heterocycles. The lowest BCUT2D eigenvalue weighted by Gasteiger charge is -2.01. The van der Waals surface area contributed by atoms with Crippen LogP contribution in [0, 0.1) is 28.6 Å². The Hall–Kier alpha value is -1.28. The average molecular weight is 134 g/mol. The molecule has 52 valence electrons. The van der Waals surface area contributed by atoms with Crippen molar-refractivity contribution in [2.24, 2.45) is 5.92 Å². The molecule has 0 amide bonds. The van der Waals surface area contributed by atoms with Gasteiger partial charge in [-0.05, 0) is 6.92 Å². The van der Waals surface area contributed by atoms with Crippen molar-refractivity contribution >= 4 is 0 Å². The van der Waals surface area contributed by atoms with Crippen LogP contribution in [0.2, 0.25) is 0 Å². The summed E-state index contributed by atoms with van der Waals surface area (Å²) < 4.78 is 0.